The van der Waals surface area contributed by atoms with E-state index in [9.17, 15) is 18.4 Å². The van der Waals surface area contributed by atoms with Crippen LogP contribution in [0.3, 0.4) is 0 Å². The Labute approximate surface area is 147 Å². The van der Waals surface area contributed by atoms with Crippen LogP contribution < -0.4 is 0 Å². The van der Waals surface area contributed by atoms with Gasteiger partial charge in [-0.25, -0.2) is 17.6 Å². The quantitative estimate of drug-likeness (QED) is 0.459. The van der Waals surface area contributed by atoms with Crippen LogP contribution in [0.25, 0.3) is 0 Å². The lowest BCUT2D eigenvalue weighted by Gasteiger charge is -2.41. The summed E-state index contributed by atoms with van der Waals surface area (Å²) in [6.07, 6.45) is -4.77. The summed E-state index contributed by atoms with van der Waals surface area (Å²) in [5.74, 6) is -3.24. The average molecular weight is 362 g/mol. The van der Waals surface area contributed by atoms with Crippen LogP contribution in [0.4, 0.5) is 17.6 Å². The number of carbonyl (C=O) groups is 2. The van der Waals surface area contributed by atoms with Crippen molar-refractivity contribution in [3.63, 3.8) is 0 Å². The third-order valence-corrected chi connectivity index (χ3v) is 4.47. The first kappa shape index (κ1) is 18.0. The molecule has 1 aliphatic rings. The van der Waals surface area contributed by atoms with Crippen LogP contribution in [0.2, 0.25) is 0 Å². The van der Waals surface area contributed by atoms with E-state index in [1.165, 1.54) is 36.4 Å². The van der Waals surface area contributed by atoms with Crippen LogP contribution in [0.15, 0.2) is 72.8 Å². The molecule has 2 aromatic rings. The van der Waals surface area contributed by atoms with Crippen LogP contribution in [0.1, 0.15) is 20.7 Å². The van der Waals surface area contributed by atoms with Crippen LogP contribution in [-0.2, 0) is 0 Å². The Bertz CT molecular complexity index is 781. The zero-order chi connectivity index (χ0) is 18.9. The maximum atomic E-state index is 15.7. The Hall–Kier alpha value is -2.76. The summed E-state index contributed by atoms with van der Waals surface area (Å²) >= 11 is 0. The van der Waals surface area contributed by atoms with Gasteiger partial charge in [-0.3, -0.25) is 9.59 Å². The normalized spacial score (nSPS) is 30.8. The Morgan fingerprint density at radius 3 is 1.27 bits per heavy atom. The fourth-order valence-corrected chi connectivity index (χ4v) is 3.04. The largest absolute Gasteiger partial charge is 0.290 e. The molecule has 0 heterocycles. The molecule has 2 nitrogen and oxygen atoms in total. The molecule has 4 unspecified atom stereocenters. The summed E-state index contributed by atoms with van der Waals surface area (Å²) in [5, 5.41) is 0. The highest BCUT2D eigenvalue weighted by Crippen LogP contribution is 2.47. The minimum atomic E-state index is -4.03. The monoisotopic (exact) mass is 362 g/mol. The zero-order valence-electron chi connectivity index (χ0n) is 13.4. The van der Waals surface area contributed by atoms with Crippen molar-refractivity contribution in [1.29, 1.82) is 0 Å². The van der Waals surface area contributed by atoms with Crippen molar-refractivity contribution >= 4 is 11.6 Å². The second-order valence-electron chi connectivity index (χ2n) is 6.00. The molecular formula is C20H14F4O2. The molecule has 0 fully saturated rings. The van der Waals surface area contributed by atoms with Crippen molar-refractivity contribution in [1.82, 2.24) is 0 Å². The summed E-state index contributed by atoms with van der Waals surface area (Å²) in [7, 11) is 0. The molecule has 26 heavy (non-hydrogen) atoms. The van der Waals surface area contributed by atoms with E-state index >= 15 is 8.78 Å². The van der Waals surface area contributed by atoms with Gasteiger partial charge in [0.2, 0.25) is 11.6 Å². The predicted molar refractivity (Wildman–Crippen MR) is 88.2 cm³/mol. The van der Waals surface area contributed by atoms with E-state index in [0.717, 1.165) is 24.3 Å². The van der Waals surface area contributed by atoms with Crippen molar-refractivity contribution < 1.29 is 27.2 Å². The molecule has 6 heteroatoms. The molecule has 0 N–H and O–H groups in total. The molecule has 0 bridgehead atoms. The summed E-state index contributed by atoms with van der Waals surface area (Å²) in [4.78, 5) is 25.2. The van der Waals surface area contributed by atoms with Gasteiger partial charge in [-0.05, 0) is 12.2 Å². The molecule has 3 rings (SSSR count). The lowest BCUT2D eigenvalue weighted by atomic mass is 9.68. The summed E-state index contributed by atoms with van der Waals surface area (Å²) in [5.41, 5.74) is -8.78. The van der Waals surface area contributed by atoms with Crippen LogP contribution >= 0.6 is 0 Å². The Morgan fingerprint density at radius 1 is 0.654 bits per heavy atom. The SMILES string of the molecule is O=C(c1ccccc1)C1(F)C(F)C=CC(F)C1(F)C(=O)c1ccccc1. The highest BCUT2D eigenvalue weighted by molar-refractivity contribution is 6.13. The number of alkyl halides is 4. The molecule has 0 radical (unpaired) electrons. The third kappa shape index (κ3) is 2.48. The lowest BCUT2D eigenvalue weighted by Crippen LogP contribution is -2.68. The molecule has 0 aliphatic heterocycles. The second kappa shape index (κ2) is 6.52. The van der Waals surface area contributed by atoms with Gasteiger partial charge in [-0.2, -0.15) is 0 Å². The van der Waals surface area contributed by atoms with Gasteiger partial charge in [0, 0.05) is 11.1 Å². The van der Waals surface area contributed by atoms with Crippen molar-refractivity contribution in [3.8, 4) is 0 Å². The molecule has 0 saturated carbocycles. The van der Waals surface area contributed by atoms with Crippen molar-refractivity contribution in [2.24, 2.45) is 0 Å². The first-order valence-electron chi connectivity index (χ1n) is 7.87. The first-order chi connectivity index (χ1) is 12.3. The standard InChI is InChI=1S/C20H14F4O2/c21-15-11-12-16(22)20(24,18(26)14-9-5-2-6-10-14)19(15,23)17(25)13-7-3-1-4-8-13/h1-12,15-16H. The maximum Gasteiger partial charge on any atom is 0.251 e. The van der Waals surface area contributed by atoms with Crippen molar-refractivity contribution in [2.75, 3.05) is 0 Å². The van der Waals surface area contributed by atoms with Gasteiger partial charge >= 0.3 is 0 Å². The molecule has 0 spiro atoms. The van der Waals surface area contributed by atoms with Gasteiger partial charge in [-0.1, -0.05) is 60.7 Å². The minimum Gasteiger partial charge on any atom is -0.290 e. The van der Waals surface area contributed by atoms with Gasteiger partial charge < -0.3 is 0 Å². The molecule has 4 atom stereocenters. The summed E-state index contributed by atoms with van der Waals surface area (Å²) < 4.78 is 60.3. The number of rotatable bonds is 4. The number of hydrogen-bond acceptors (Lipinski definition) is 2. The fourth-order valence-electron chi connectivity index (χ4n) is 3.04. The van der Waals surface area contributed by atoms with Gasteiger partial charge in [0.15, 0.2) is 12.3 Å². The van der Waals surface area contributed by atoms with Gasteiger partial charge in [0.25, 0.3) is 11.3 Å². The molecule has 0 saturated heterocycles. The molecule has 1 aliphatic carbocycles. The maximum absolute atomic E-state index is 15.7. The highest BCUT2D eigenvalue weighted by atomic mass is 19.2. The number of hydrogen-bond donors (Lipinski definition) is 0. The number of Topliss-reactive ketones (excluding diaryl/α,β-unsaturated/α-hetero) is 2. The van der Waals surface area contributed by atoms with Crippen LogP contribution in [0.5, 0.6) is 0 Å². The number of carbonyl (C=O) groups excluding carboxylic acids is 2. The summed E-state index contributed by atoms with van der Waals surface area (Å²) in [6, 6.07) is 13.1. The smallest absolute Gasteiger partial charge is 0.251 e. The van der Waals surface area contributed by atoms with Gasteiger partial charge in [0.1, 0.15) is 0 Å². The number of halogens is 4. The van der Waals surface area contributed by atoms with E-state index in [0.29, 0.717) is 12.2 Å². The molecule has 2 aromatic carbocycles. The Balaban J connectivity index is 2.18. The van der Waals surface area contributed by atoms with Gasteiger partial charge in [0.05, 0.1) is 0 Å². The first-order valence-corrected chi connectivity index (χ1v) is 7.87. The predicted octanol–water partition coefficient (Wildman–Crippen LogP) is 4.41. The number of benzene rings is 2. The molecule has 134 valence electrons. The van der Waals surface area contributed by atoms with E-state index in [-0.39, 0.29) is 11.1 Å². The highest BCUT2D eigenvalue weighted by Gasteiger charge is 2.72. The topological polar surface area (TPSA) is 34.1 Å². The van der Waals surface area contributed by atoms with Crippen molar-refractivity contribution in [2.45, 2.75) is 23.7 Å². The fraction of sp³-hybridized carbons (Fsp3) is 0.200. The van der Waals surface area contributed by atoms with E-state index < -0.39 is 35.2 Å². The lowest BCUT2D eigenvalue weighted by molar-refractivity contribution is -0.0689. The average Bonchev–Trinajstić information content (AvgIpc) is 2.69. The zero-order valence-corrected chi connectivity index (χ0v) is 13.4. The molecular weight excluding hydrogens is 348 g/mol. The van der Waals surface area contributed by atoms with Crippen LogP contribution in [-0.4, -0.2) is 35.2 Å². The number of ketones is 2. The molecule has 0 aromatic heterocycles. The second-order valence-corrected chi connectivity index (χ2v) is 6.00. The van der Waals surface area contributed by atoms with Crippen molar-refractivity contribution in [3.05, 3.63) is 83.9 Å². The minimum absolute atomic E-state index is 0.358. The van der Waals surface area contributed by atoms with E-state index in [4.69, 9.17) is 0 Å². The van der Waals surface area contributed by atoms with E-state index in [1.54, 1.807) is 0 Å². The third-order valence-electron chi connectivity index (χ3n) is 4.47. The van der Waals surface area contributed by atoms with Gasteiger partial charge in [-0.15, -0.1) is 0 Å². The Kier molecular flexibility index (Phi) is 4.52. The number of allylic oxidation sites excluding steroid dienone is 2. The molecule has 0 amide bonds. The van der Waals surface area contributed by atoms with E-state index in [2.05, 4.69) is 0 Å². The summed E-state index contributed by atoms with van der Waals surface area (Å²) in [6.45, 7) is 0. The Morgan fingerprint density at radius 2 is 0.962 bits per heavy atom. The van der Waals surface area contributed by atoms with E-state index in [1.807, 2.05) is 0 Å². The van der Waals surface area contributed by atoms with Crippen LogP contribution in [0, 0.1) is 0 Å².